The van der Waals surface area contributed by atoms with Gasteiger partial charge in [-0.3, -0.25) is 9.59 Å². The normalized spacial score (nSPS) is 11.0. The van der Waals surface area contributed by atoms with Crippen LogP contribution in [0.2, 0.25) is 0 Å². The van der Waals surface area contributed by atoms with Crippen LogP contribution in [-0.4, -0.2) is 21.8 Å². The fourth-order valence-electron chi connectivity index (χ4n) is 1.85. The zero-order chi connectivity index (χ0) is 16.1. The average molecular weight is 337 g/mol. The number of amides is 1. The van der Waals surface area contributed by atoms with E-state index < -0.39 is 18.0 Å². The number of hydrogen-bond donors (Lipinski definition) is 2. The molecule has 7 nitrogen and oxygen atoms in total. The third-order valence-corrected chi connectivity index (χ3v) is 2.82. The Morgan fingerprint density at radius 3 is 2.48 bits per heavy atom. The van der Waals surface area contributed by atoms with Gasteiger partial charge in [-0.25, -0.2) is 9.97 Å². The van der Waals surface area contributed by atoms with Crippen molar-refractivity contribution in [3.63, 3.8) is 0 Å². The maximum absolute atomic E-state index is 12.4. The van der Waals surface area contributed by atoms with Gasteiger partial charge in [-0.1, -0.05) is 30.3 Å². The first-order valence-electron chi connectivity index (χ1n) is 6.59. The van der Waals surface area contributed by atoms with Gasteiger partial charge in [-0.15, -0.1) is 12.4 Å². The largest absolute Gasteiger partial charge is 0.447 e. The first-order chi connectivity index (χ1) is 10.5. The fraction of sp³-hybridized carbons (Fsp3) is 0.200. The molecule has 0 bridgehead atoms. The van der Waals surface area contributed by atoms with E-state index >= 15 is 0 Å². The Morgan fingerprint density at radius 1 is 1.26 bits per heavy atom. The summed E-state index contributed by atoms with van der Waals surface area (Å²) in [6.07, 6.45) is 0.338. The molecule has 0 radical (unpaired) electrons. The molecule has 1 atom stereocenters. The highest BCUT2D eigenvalue weighted by atomic mass is 35.5. The molecule has 1 heterocycles. The number of rotatable bonds is 4. The van der Waals surface area contributed by atoms with E-state index in [4.69, 9.17) is 10.5 Å². The predicted molar refractivity (Wildman–Crippen MR) is 88.0 cm³/mol. The van der Waals surface area contributed by atoms with Crippen LogP contribution in [-0.2, 0) is 14.3 Å². The zero-order valence-electron chi connectivity index (χ0n) is 12.6. The van der Waals surface area contributed by atoms with E-state index in [2.05, 4.69) is 15.3 Å². The van der Waals surface area contributed by atoms with Gasteiger partial charge < -0.3 is 15.8 Å². The molecular formula is C15H17ClN4O3. The molecule has 2 aromatic rings. The van der Waals surface area contributed by atoms with Gasteiger partial charge in [0.25, 0.3) is 5.91 Å². The van der Waals surface area contributed by atoms with E-state index in [9.17, 15) is 9.59 Å². The van der Waals surface area contributed by atoms with Gasteiger partial charge in [0, 0.05) is 12.5 Å². The highest BCUT2D eigenvalue weighted by molar-refractivity contribution is 5.97. The molecule has 1 unspecified atom stereocenters. The summed E-state index contributed by atoms with van der Waals surface area (Å²) < 4.78 is 5.10. The van der Waals surface area contributed by atoms with E-state index in [1.807, 2.05) is 0 Å². The maximum Gasteiger partial charge on any atom is 0.303 e. The molecule has 0 saturated heterocycles. The second-order valence-corrected chi connectivity index (χ2v) is 4.61. The first-order valence-corrected chi connectivity index (χ1v) is 6.59. The Hall–Kier alpha value is -2.67. The van der Waals surface area contributed by atoms with Gasteiger partial charge in [0.2, 0.25) is 6.10 Å². The third-order valence-electron chi connectivity index (χ3n) is 2.82. The summed E-state index contributed by atoms with van der Waals surface area (Å²) in [6.45, 7) is 2.93. The number of nitrogens with one attached hydrogen (secondary N) is 1. The van der Waals surface area contributed by atoms with Crippen LogP contribution in [0.15, 0.2) is 36.5 Å². The lowest BCUT2D eigenvalue weighted by atomic mass is 10.1. The smallest absolute Gasteiger partial charge is 0.303 e. The van der Waals surface area contributed by atoms with Crippen molar-refractivity contribution < 1.29 is 14.3 Å². The number of nitrogens with zero attached hydrogens (tertiary/aromatic N) is 2. The molecule has 0 saturated carbocycles. The zero-order valence-corrected chi connectivity index (χ0v) is 13.5. The van der Waals surface area contributed by atoms with Crippen LogP contribution in [0.5, 0.6) is 0 Å². The Morgan fingerprint density at radius 2 is 1.91 bits per heavy atom. The molecule has 1 aromatic heterocycles. The van der Waals surface area contributed by atoms with Crippen molar-refractivity contribution in [3.8, 4) is 0 Å². The van der Waals surface area contributed by atoms with E-state index in [0.717, 1.165) is 0 Å². The first kappa shape index (κ1) is 18.4. The minimum Gasteiger partial charge on any atom is -0.447 e. The van der Waals surface area contributed by atoms with Crippen LogP contribution >= 0.6 is 12.4 Å². The number of ether oxygens (including phenoxy) is 1. The van der Waals surface area contributed by atoms with Crippen molar-refractivity contribution in [2.24, 2.45) is 0 Å². The van der Waals surface area contributed by atoms with Gasteiger partial charge in [0.15, 0.2) is 5.82 Å². The number of carbonyl (C=O) groups is 2. The van der Waals surface area contributed by atoms with Crippen molar-refractivity contribution in [2.45, 2.75) is 20.0 Å². The predicted octanol–water partition coefficient (Wildman–Crippen LogP) is 2.03. The van der Waals surface area contributed by atoms with Crippen LogP contribution in [0.3, 0.4) is 0 Å². The fourth-order valence-corrected chi connectivity index (χ4v) is 1.85. The van der Waals surface area contributed by atoms with E-state index in [1.54, 1.807) is 37.3 Å². The number of benzene rings is 1. The van der Waals surface area contributed by atoms with Crippen molar-refractivity contribution in [2.75, 3.05) is 11.1 Å². The highest BCUT2D eigenvalue weighted by Gasteiger charge is 2.24. The van der Waals surface area contributed by atoms with Gasteiger partial charge in [0.1, 0.15) is 11.5 Å². The van der Waals surface area contributed by atoms with E-state index in [1.165, 1.54) is 13.1 Å². The van der Waals surface area contributed by atoms with Gasteiger partial charge >= 0.3 is 5.97 Å². The molecule has 1 aromatic carbocycles. The number of anilines is 2. The number of nitrogens with two attached hydrogens (primary N) is 1. The number of aryl methyl sites for hydroxylation is 1. The second-order valence-electron chi connectivity index (χ2n) is 4.61. The van der Waals surface area contributed by atoms with Gasteiger partial charge in [0.05, 0.1) is 6.20 Å². The summed E-state index contributed by atoms with van der Waals surface area (Å²) in [4.78, 5) is 31.6. The van der Waals surface area contributed by atoms with E-state index in [-0.39, 0.29) is 23.9 Å². The Kier molecular flexibility index (Phi) is 6.47. The SMILES string of the molecule is CC(=O)OC(C(=O)Nc1cnc(C)nc1N)c1ccccc1.Cl. The summed E-state index contributed by atoms with van der Waals surface area (Å²) in [5, 5.41) is 2.58. The van der Waals surface area contributed by atoms with Gasteiger partial charge in [-0.05, 0) is 6.92 Å². The molecule has 0 aliphatic carbocycles. The Bertz CT molecular complexity index is 694. The molecule has 0 aliphatic rings. The number of carbonyl (C=O) groups excluding carboxylic acids is 2. The highest BCUT2D eigenvalue weighted by Crippen LogP contribution is 2.21. The maximum atomic E-state index is 12.4. The topological polar surface area (TPSA) is 107 Å². The number of aromatic nitrogens is 2. The minimum absolute atomic E-state index is 0. The second kappa shape index (κ2) is 8.09. The van der Waals surface area contributed by atoms with Crippen LogP contribution in [0, 0.1) is 6.92 Å². The summed E-state index contributed by atoms with van der Waals surface area (Å²) in [7, 11) is 0. The molecular weight excluding hydrogens is 320 g/mol. The molecule has 0 spiro atoms. The summed E-state index contributed by atoms with van der Waals surface area (Å²) in [5.41, 5.74) is 6.56. The molecule has 23 heavy (non-hydrogen) atoms. The van der Waals surface area contributed by atoms with Crippen LogP contribution < -0.4 is 11.1 Å². The number of esters is 1. The minimum atomic E-state index is -1.07. The molecule has 0 aliphatic heterocycles. The molecule has 1 amide bonds. The van der Waals surface area contributed by atoms with Crippen LogP contribution in [0.25, 0.3) is 0 Å². The van der Waals surface area contributed by atoms with Crippen LogP contribution in [0.1, 0.15) is 24.4 Å². The molecule has 2 rings (SSSR count). The number of hydrogen-bond acceptors (Lipinski definition) is 6. The lowest BCUT2D eigenvalue weighted by molar-refractivity contribution is -0.152. The van der Waals surface area contributed by atoms with Crippen molar-refractivity contribution in [3.05, 3.63) is 47.9 Å². The van der Waals surface area contributed by atoms with E-state index in [0.29, 0.717) is 11.4 Å². The van der Waals surface area contributed by atoms with Gasteiger partial charge in [-0.2, -0.15) is 0 Å². The van der Waals surface area contributed by atoms with Crippen molar-refractivity contribution in [1.29, 1.82) is 0 Å². The standard InChI is InChI=1S/C15H16N4O3.ClH/c1-9-17-8-12(14(16)18-9)19-15(21)13(22-10(2)20)11-6-4-3-5-7-11;/h3-8,13H,1-2H3,(H,19,21)(H2,16,17,18);1H. The molecule has 122 valence electrons. The lowest BCUT2D eigenvalue weighted by Gasteiger charge is -2.17. The third kappa shape index (κ3) is 4.93. The van der Waals surface area contributed by atoms with Crippen LogP contribution in [0.4, 0.5) is 11.5 Å². The van der Waals surface area contributed by atoms with Crippen molar-refractivity contribution in [1.82, 2.24) is 9.97 Å². The Labute approximate surface area is 139 Å². The Balaban J connectivity index is 0.00000264. The lowest BCUT2D eigenvalue weighted by Crippen LogP contribution is -2.25. The molecule has 0 fully saturated rings. The molecule has 3 N–H and O–H groups in total. The summed E-state index contributed by atoms with van der Waals surface area (Å²) in [6, 6.07) is 8.70. The number of nitrogen functional groups attached to an aromatic ring is 1. The summed E-state index contributed by atoms with van der Waals surface area (Å²) in [5.74, 6) is -0.441. The molecule has 8 heteroatoms. The average Bonchev–Trinajstić information content (AvgIpc) is 2.48. The van der Waals surface area contributed by atoms with Crippen molar-refractivity contribution >= 4 is 35.8 Å². The quantitative estimate of drug-likeness (QED) is 0.827. The number of halogens is 1. The summed E-state index contributed by atoms with van der Waals surface area (Å²) >= 11 is 0. The monoisotopic (exact) mass is 336 g/mol.